The summed E-state index contributed by atoms with van der Waals surface area (Å²) in [5, 5.41) is 3.65. The maximum Gasteiger partial charge on any atom is 0.0937 e. The third kappa shape index (κ3) is 3.60. The van der Waals surface area contributed by atoms with Crippen molar-refractivity contribution < 1.29 is 4.42 Å². The van der Waals surface area contributed by atoms with Crippen LogP contribution in [0.4, 0.5) is 0 Å². The van der Waals surface area contributed by atoms with E-state index in [0.29, 0.717) is 5.92 Å². The summed E-state index contributed by atoms with van der Waals surface area (Å²) in [7, 11) is 0. The van der Waals surface area contributed by atoms with Crippen molar-refractivity contribution >= 4 is 0 Å². The van der Waals surface area contributed by atoms with Crippen LogP contribution in [0.2, 0.25) is 0 Å². The molecular weight excluding hydrogens is 210 g/mol. The van der Waals surface area contributed by atoms with Crippen molar-refractivity contribution in [2.45, 2.75) is 57.9 Å². The Kier molecular flexibility index (Phi) is 3.93. The molecule has 96 valence electrons. The highest BCUT2D eigenvalue weighted by molar-refractivity contribution is 5.14. The van der Waals surface area contributed by atoms with Gasteiger partial charge in [0.05, 0.1) is 12.5 Å². The molecule has 0 radical (unpaired) electrons. The smallest absolute Gasteiger partial charge is 0.0937 e. The van der Waals surface area contributed by atoms with Crippen LogP contribution in [0, 0.1) is 5.92 Å². The first-order valence-electron chi connectivity index (χ1n) is 6.83. The average molecular weight is 235 g/mol. The van der Waals surface area contributed by atoms with Crippen LogP contribution in [-0.2, 0) is 0 Å². The van der Waals surface area contributed by atoms with Crippen molar-refractivity contribution in [3.63, 3.8) is 0 Å². The van der Waals surface area contributed by atoms with Gasteiger partial charge in [0, 0.05) is 5.54 Å². The van der Waals surface area contributed by atoms with Gasteiger partial charge < -0.3 is 9.73 Å². The summed E-state index contributed by atoms with van der Waals surface area (Å²) in [5.41, 5.74) is 1.61. The summed E-state index contributed by atoms with van der Waals surface area (Å²) < 4.78 is 5.24. The Bertz CT molecular complexity index is 323. The monoisotopic (exact) mass is 235 g/mol. The second kappa shape index (κ2) is 5.26. The fourth-order valence-electron chi connectivity index (χ4n) is 2.81. The van der Waals surface area contributed by atoms with E-state index in [1.165, 1.54) is 31.2 Å². The van der Waals surface area contributed by atoms with Gasteiger partial charge in [0.15, 0.2) is 0 Å². The Morgan fingerprint density at radius 2 is 2.06 bits per heavy atom. The zero-order valence-corrected chi connectivity index (χ0v) is 11.3. The topological polar surface area (TPSA) is 25.2 Å². The van der Waals surface area contributed by atoms with Gasteiger partial charge in [-0.25, -0.2) is 0 Å². The van der Waals surface area contributed by atoms with Crippen molar-refractivity contribution in [2.24, 2.45) is 5.92 Å². The third-order valence-corrected chi connectivity index (χ3v) is 3.77. The molecule has 1 aliphatic carbocycles. The first-order chi connectivity index (χ1) is 8.06. The first kappa shape index (κ1) is 12.7. The highest BCUT2D eigenvalue weighted by atomic mass is 16.3. The van der Waals surface area contributed by atoms with Crippen molar-refractivity contribution in [2.75, 3.05) is 6.54 Å². The lowest BCUT2D eigenvalue weighted by molar-refractivity contribution is 0.268. The molecule has 1 N–H and O–H groups in total. The van der Waals surface area contributed by atoms with Crippen LogP contribution in [0.5, 0.6) is 0 Å². The average Bonchev–Trinajstić information content (AvgIpc) is 2.79. The van der Waals surface area contributed by atoms with Crippen molar-refractivity contribution in [3.05, 3.63) is 24.2 Å². The maximum atomic E-state index is 5.24. The summed E-state index contributed by atoms with van der Waals surface area (Å²) in [4.78, 5) is 0. The fourth-order valence-corrected chi connectivity index (χ4v) is 2.81. The van der Waals surface area contributed by atoms with Crippen molar-refractivity contribution in [1.29, 1.82) is 0 Å². The van der Waals surface area contributed by atoms with Crippen molar-refractivity contribution in [3.8, 4) is 0 Å². The molecule has 2 heteroatoms. The Labute approximate surface area is 105 Å². The summed E-state index contributed by atoms with van der Waals surface area (Å²) in [6.45, 7) is 7.84. The van der Waals surface area contributed by atoms with Gasteiger partial charge >= 0.3 is 0 Å². The van der Waals surface area contributed by atoms with E-state index in [0.717, 1.165) is 12.5 Å². The summed E-state index contributed by atoms with van der Waals surface area (Å²) in [6, 6.07) is 2.14. The molecule has 1 aromatic heterocycles. The number of nitrogens with one attached hydrogen (secondary N) is 1. The molecule has 1 aromatic rings. The van der Waals surface area contributed by atoms with Gasteiger partial charge in [-0.15, -0.1) is 0 Å². The first-order valence-corrected chi connectivity index (χ1v) is 6.83. The van der Waals surface area contributed by atoms with Gasteiger partial charge in [0.25, 0.3) is 0 Å². The van der Waals surface area contributed by atoms with E-state index in [1.54, 1.807) is 6.26 Å². The minimum absolute atomic E-state index is 0.221. The molecule has 1 heterocycles. The largest absolute Gasteiger partial charge is 0.472 e. The molecule has 0 aliphatic heterocycles. The van der Waals surface area contributed by atoms with Gasteiger partial charge in [-0.05, 0) is 63.6 Å². The van der Waals surface area contributed by atoms with Crippen LogP contribution in [-0.4, -0.2) is 12.1 Å². The van der Waals surface area contributed by atoms with E-state index in [-0.39, 0.29) is 5.54 Å². The number of hydrogen-bond acceptors (Lipinski definition) is 2. The molecule has 2 atom stereocenters. The van der Waals surface area contributed by atoms with Crippen LogP contribution >= 0.6 is 0 Å². The van der Waals surface area contributed by atoms with E-state index in [4.69, 9.17) is 4.42 Å². The fraction of sp³-hybridized carbons (Fsp3) is 0.733. The molecule has 2 unspecified atom stereocenters. The minimum Gasteiger partial charge on any atom is -0.472 e. The Hall–Kier alpha value is -0.760. The molecule has 1 saturated carbocycles. The van der Waals surface area contributed by atoms with Gasteiger partial charge in [-0.2, -0.15) is 0 Å². The highest BCUT2D eigenvalue weighted by Crippen LogP contribution is 2.37. The Morgan fingerprint density at radius 3 is 2.71 bits per heavy atom. The quantitative estimate of drug-likeness (QED) is 0.858. The van der Waals surface area contributed by atoms with Crippen LogP contribution in [0.25, 0.3) is 0 Å². The number of hydrogen-bond donors (Lipinski definition) is 1. The summed E-state index contributed by atoms with van der Waals surface area (Å²) in [5.74, 6) is 1.46. The molecule has 1 aliphatic rings. The Balaban J connectivity index is 1.98. The maximum absolute atomic E-state index is 5.24. The standard InChI is InChI=1S/C15H25NO/c1-15(2,3)16-10-12-6-4-5-7-14(12)13-8-9-17-11-13/h8-9,11-12,14,16H,4-7,10H2,1-3H3. The van der Waals surface area contributed by atoms with Gasteiger partial charge in [-0.3, -0.25) is 0 Å². The van der Waals surface area contributed by atoms with Crippen LogP contribution < -0.4 is 5.32 Å². The van der Waals surface area contributed by atoms with Gasteiger partial charge in [0.2, 0.25) is 0 Å². The van der Waals surface area contributed by atoms with Crippen LogP contribution in [0.3, 0.4) is 0 Å². The predicted octanol–water partition coefficient (Wildman–Crippen LogP) is 3.94. The van der Waals surface area contributed by atoms with Crippen molar-refractivity contribution in [1.82, 2.24) is 5.32 Å². The zero-order valence-electron chi connectivity index (χ0n) is 11.3. The molecule has 1 fully saturated rings. The molecule has 17 heavy (non-hydrogen) atoms. The summed E-state index contributed by atoms with van der Waals surface area (Å²) in [6.07, 6.45) is 9.14. The molecule has 2 nitrogen and oxygen atoms in total. The second-order valence-electron chi connectivity index (χ2n) is 6.34. The van der Waals surface area contributed by atoms with Gasteiger partial charge in [0.1, 0.15) is 0 Å². The van der Waals surface area contributed by atoms with E-state index in [9.17, 15) is 0 Å². The van der Waals surface area contributed by atoms with E-state index in [2.05, 4.69) is 32.2 Å². The molecule has 2 rings (SSSR count). The van der Waals surface area contributed by atoms with E-state index < -0.39 is 0 Å². The zero-order chi connectivity index (χ0) is 12.3. The lowest BCUT2D eigenvalue weighted by atomic mass is 9.76. The van der Waals surface area contributed by atoms with E-state index >= 15 is 0 Å². The van der Waals surface area contributed by atoms with Crippen LogP contribution in [0.15, 0.2) is 23.0 Å². The number of rotatable bonds is 3. The lowest BCUT2D eigenvalue weighted by Crippen LogP contribution is -2.41. The second-order valence-corrected chi connectivity index (χ2v) is 6.34. The predicted molar refractivity (Wildman–Crippen MR) is 71.2 cm³/mol. The minimum atomic E-state index is 0.221. The molecule has 0 amide bonds. The normalized spacial score (nSPS) is 26.1. The Morgan fingerprint density at radius 1 is 1.29 bits per heavy atom. The van der Waals surface area contributed by atoms with Crippen LogP contribution in [0.1, 0.15) is 57.9 Å². The number of furan rings is 1. The van der Waals surface area contributed by atoms with Gasteiger partial charge in [-0.1, -0.05) is 12.8 Å². The molecular formula is C15H25NO. The molecule has 0 bridgehead atoms. The van der Waals surface area contributed by atoms with E-state index in [1.807, 2.05) is 6.26 Å². The highest BCUT2D eigenvalue weighted by Gasteiger charge is 2.27. The third-order valence-electron chi connectivity index (χ3n) is 3.77. The lowest BCUT2D eigenvalue weighted by Gasteiger charge is -2.33. The summed E-state index contributed by atoms with van der Waals surface area (Å²) >= 11 is 0. The molecule has 0 aromatic carbocycles. The molecule has 0 saturated heterocycles. The SMILES string of the molecule is CC(C)(C)NCC1CCCCC1c1ccoc1. The molecule has 0 spiro atoms.